The van der Waals surface area contributed by atoms with E-state index in [1.165, 1.54) is 22.2 Å². The molecule has 5 rings (SSSR count). The van der Waals surface area contributed by atoms with Crippen LogP contribution in [0.15, 0.2) is 108 Å². The van der Waals surface area contributed by atoms with Crippen molar-refractivity contribution in [1.82, 2.24) is 4.57 Å². The molecule has 4 nitrogen and oxygen atoms in total. The van der Waals surface area contributed by atoms with Crippen LogP contribution in [0.1, 0.15) is 34.9 Å². The van der Waals surface area contributed by atoms with Crippen molar-refractivity contribution in [2.24, 2.45) is 0 Å². The van der Waals surface area contributed by atoms with E-state index in [2.05, 4.69) is 65.7 Å². The van der Waals surface area contributed by atoms with Gasteiger partial charge in [0.15, 0.2) is 0 Å². The molecule has 4 heteroatoms. The minimum absolute atomic E-state index is 0.111. The molecule has 0 spiro atoms. The maximum Gasteiger partial charge on any atom is 0.265 e. The van der Waals surface area contributed by atoms with Crippen LogP contribution in [0.25, 0.3) is 27.5 Å². The second kappa shape index (κ2) is 9.82. The Balaban J connectivity index is 1.51. The van der Waals surface area contributed by atoms with E-state index >= 15 is 0 Å². The molecule has 0 saturated carbocycles. The smallest absolute Gasteiger partial charge is 0.265 e. The summed E-state index contributed by atoms with van der Waals surface area (Å²) in [6.45, 7) is 11.7. The highest BCUT2D eigenvalue weighted by Crippen LogP contribution is 2.35. The number of ether oxygens (including phenoxy) is 1. The third kappa shape index (κ3) is 4.33. The lowest BCUT2D eigenvalue weighted by Gasteiger charge is -2.25. The van der Waals surface area contributed by atoms with Crippen LogP contribution in [0, 0.1) is 31.8 Å². The van der Waals surface area contributed by atoms with Crippen molar-refractivity contribution >= 4 is 17.0 Å². The fourth-order valence-electron chi connectivity index (χ4n) is 4.73. The highest BCUT2D eigenvalue weighted by atomic mass is 16.5. The normalized spacial score (nSPS) is 16.8. The molecule has 0 radical (unpaired) electrons. The van der Waals surface area contributed by atoms with E-state index in [0.717, 1.165) is 16.8 Å². The maximum absolute atomic E-state index is 9.45. The average molecular weight is 468 g/mol. The molecule has 2 heterocycles. The van der Waals surface area contributed by atoms with Gasteiger partial charge < -0.3 is 9.30 Å². The summed E-state index contributed by atoms with van der Waals surface area (Å²) in [4.78, 5) is 3.43. The molecular weight excluding hydrogens is 442 g/mol. The van der Waals surface area contributed by atoms with Crippen LogP contribution in [0.5, 0.6) is 0 Å². The summed E-state index contributed by atoms with van der Waals surface area (Å²) in [5.41, 5.74) is 7.68. The van der Waals surface area contributed by atoms with Crippen LogP contribution in [0.3, 0.4) is 0 Å². The highest BCUT2D eigenvalue weighted by Gasteiger charge is 2.22. The molecule has 4 aromatic rings. The molecule has 0 fully saturated rings. The number of benzene rings is 3. The van der Waals surface area contributed by atoms with E-state index in [9.17, 15) is 5.26 Å². The maximum atomic E-state index is 9.45. The lowest BCUT2D eigenvalue weighted by molar-refractivity contribution is 0.118. The van der Waals surface area contributed by atoms with Crippen molar-refractivity contribution in [3.05, 3.63) is 142 Å². The lowest BCUT2D eigenvalue weighted by atomic mass is 9.97. The summed E-state index contributed by atoms with van der Waals surface area (Å²) in [5.74, 6) is 0.636. The summed E-state index contributed by atoms with van der Waals surface area (Å²) in [7, 11) is 0. The van der Waals surface area contributed by atoms with Gasteiger partial charge >= 0.3 is 0 Å². The summed E-state index contributed by atoms with van der Waals surface area (Å²) in [6, 6.07) is 28.8. The molecule has 174 valence electrons. The Morgan fingerprint density at radius 3 is 2.44 bits per heavy atom. The molecule has 0 aliphatic carbocycles. The van der Waals surface area contributed by atoms with Crippen LogP contribution in [-0.4, -0.2) is 4.57 Å². The quantitative estimate of drug-likeness (QED) is 0.225. The zero-order chi connectivity index (χ0) is 25.1. The summed E-state index contributed by atoms with van der Waals surface area (Å²) < 4.78 is 8.57. The number of allylic oxidation sites excluding steroid dienone is 3. The van der Waals surface area contributed by atoms with Gasteiger partial charge in [-0.1, -0.05) is 60.7 Å². The fourth-order valence-corrected chi connectivity index (χ4v) is 4.73. The van der Waals surface area contributed by atoms with Crippen LogP contribution in [-0.2, 0) is 4.74 Å². The van der Waals surface area contributed by atoms with Gasteiger partial charge in [0, 0.05) is 23.2 Å². The SMILES string of the molecule is [C-]#[N+]C(C#N)=C1C=C(C=Cc2ccc3c(c2)c(C)c(C)n3-c2ccccc2)OC(c2ccccc2)C1. The number of hydrogen-bond donors (Lipinski definition) is 0. The van der Waals surface area contributed by atoms with Crippen LogP contribution in [0.4, 0.5) is 0 Å². The third-order valence-electron chi connectivity index (χ3n) is 6.69. The number of nitriles is 1. The van der Waals surface area contributed by atoms with E-state index in [1.807, 2.05) is 60.7 Å². The van der Waals surface area contributed by atoms with Gasteiger partial charge in [-0.2, -0.15) is 0 Å². The zero-order valence-electron chi connectivity index (χ0n) is 20.3. The number of aryl methyl sites for hydroxylation is 1. The van der Waals surface area contributed by atoms with Crippen molar-refractivity contribution in [2.75, 3.05) is 0 Å². The Kier molecular flexibility index (Phi) is 6.27. The molecule has 1 aliphatic heterocycles. The number of nitrogens with zero attached hydrogens (tertiary/aromatic N) is 3. The van der Waals surface area contributed by atoms with Gasteiger partial charge in [0.2, 0.25) is 0 Å². The molecule has 0 N–H and O–H groups in total. The van der Waals surface area contributed by atoms with Gasteiger partial charge in [0.25, 0.3) is 5.70 Å². The molecule has 1 aromatic heterocycles. The van der Waals surface area contributed by atoms with E-state index in [4.69, 9.17) is 11.3 Å². The standard InChI is InChI=1S/C32H25N3O/c1-22-23(2)35(27-12-8-5-9-13-27)31-17-15-24(18-29(22)31)14-16-28-19-26(30(21-33)34-3)20-32(36-28)25-10-6-4-7-11-25/h4-19,32H,20H2,1-2H3. The van der Waals surface area contributed by atoms with Gasteiger partial charge in [-0.05, 0) is 72.5 Å². The minimum atomic E-state index is -0.247. The largest absolute Gasteiger partial charge is 0.485 e. The first kappa shape index (κ1) is 23.0. The van der Waals surface area contributed by atoms with Gasteiger partial charge in [-0.25, -0.2) is 10.1 Å². The Bertz CT molecular complexity index is 1590. The average Bonchev–Trinajstić information content (AvgIpc) is 3.18. The first-order valence-corrected chi connectivity index (χ1v) is 11.9. The molecule has 1 unspecified atom stereocenters. The number of aromatic nitrogens is 1. The van der Waals surface area contributed by atoms with Crippen molar-refractivity contribution in [3.8, 4) is 11.8 Å². The fraction of sp³-hybridized carbons (Fsp3) is 0.125. The second-order valence-electron chi connectivity index (χ2n) is 8.86. The van der Waals surface area contributed by atoms with Gasteiger partial charge in [-0.3, -0.25) is 0 Å². The molecule has 36 heavy (non-hydrogen) atoms. The van der Waals surface area contributed by atoms with Crippen molar-refractivity contribution < 1.29 is 4.74 Å². The highest BCUT2D eigenvalue weighted by molar-refractivity contribution is 5.89. The van der Waals surface area contributed by atoms with Gasteiger partial charge in [-0.15, -0.1) is 0 Å². The Labute approximate surface area is 211 Å². The first-order chi connectivity index (χ1) is 17.6. The molecular formula is C32H25N3O. The van der Waals surface area contributed by atoms with Crippen LogP contribution < -0.4 is 0 Å². The van der Waals surface area contributed by atoms with Crippen molar-refractivity contribution in [2.45, 2.75) is 26.4 Å². The van der Waals surface area contributed by atoms with Crippen LogP contribution in [0.2, 0.25) is 0 Å². The predicted octanol–water partition coefficient (Wildman–Crippen LogP) is 8.00. The van der Waals surface area contributed by atoms with E-state index in [-0.39, 0.29) is 11.8 Å². The topological polar surface area (TPSA) is 42.3 Å². The lowest BCUT2D eigenvalue weighted by Crippen LogP contribution is -2.10. The van der Waals surface area contributed by atoms with Gasteiger partial charge in [0.05, 0.1) is 18.2 Å². The number of hydrogen-bond acceptors (Lipinski definition) is 2. The third-order valence-corrected chi connectivity index (χ3v) is 6.69. The first-order valence-electron chi connectivity index (χ1n) is 11.9. The van der Waals surface area contributed by atoms with Crippen molar-refractivity contribution in [1.29, 1.82) is 5.26 Å². The van der Waals surface area contributed by atoms with Gasteiger partial charge in [0.1, 0.15) is 11.9 Å². The number of rotatable bonds is 4. The summed E-state index contributed by atoms with van der Waals surface area (Å²) in [6.07, 6.45) is 6.00. The molecule has 0 amide bonds. The predicted molar refractivity (Wildman–Crippen MR) is 144 cm³/mol. The number of para-hydroxylation sites is 1. The van der Waals surface area contributed by atoms with Crippen molar-refractivity contribution in [3.63, 3.8) is 0 Å². The molecule has 3 aromatic carbocycles. The van der Waals surface area contributed by atoms with E-state index < -0.39 is 0 Å². The van der Waals surface area contributed by atoms with E-state index in [0.29, 0.717) is 17.8 Å². The zero-order valence-corrected chi connectivity index (χ0v) is 20.3. The molecule has 0 saturated heterocycles. The van der Waals surface area contributed by atoms with Crippen LogP contribution >= 0.6 is 0 Å². The Morgan fingerprint density at radius 2 is 1.75 bits per heavy atom. The minimum Gasteiger partial charge on any atom is -0.485 e. The Hall–Kier alpha value is -4.80. The molecule has 1 aliphatic rings. The van der Waals surface area contributed by atoms with E-state index in [1.54, 1.807) is 0 Å². The second-order valence-corrected chi connectivity index (χ2v) is 8.86. The Morgan fingerprint density at radius 1 is 1.03 bits per heavy atom. The molecule has 0 bridgehead atoms. The monoisotopic (exact) mass is 467 g/mol. The number of fused-ring (bicyclic) bond motifs is 1. The summed E-state index contributed by atoms with van der Waals surface area (Å²) >= 11 is 0. The summed E-state index contributed by atoms with van der Waals surface area (Å²) in [5, 5.41) is 10.7. The molecule has 1 atom stereocenters.